The van der Waals surface area contributed by atoms with Crippen LogP contribution in [0.2, 0.25) is 0 Å². The number of aryl methyl sites for hydroxylation is 2. The lowest BCUT2D eigenvalue weighted by molar-refractivity contribution is -0.123. The smallest absolute Gasteiger partial charge is 0.261 e. The first-order valence-corrected chi connectivity index (χ1v) is 13.1. The minimum atomic E-state index is -3.73. The zero-order valence-electron chi connectivity index (χ0n) is 19.1. The van der Waals surface area contributed by atoms with Gasteiger partial charge in [0.2, 0.25) is 0 Å². The van der Waals surface area contributed by atoms with Crippen LogP contribution in [0.25, 0.3) is 0 Å². The molecule has 0 heterocycles. The molecule has 0 aliphatic carbocycles. The van der Waals surface area contributed by atoms with Crippen LogP contribution >= 0.6 is 11.8 Å². The van der Waals surface area contributed by atoms with Crippen LogP contribution in [0.1, 0.15) is 29.7 Å². The first-order valence-electron chi connectivity index (χ1n) is 10.4. The number of anilines is 1. The third kappa shape index (κ3) is 7.00. The monoisotopic (exact) mass is 484 g/mol. The Balaban J connectivity index is 1.55. The predicted molar refractivity (Wildman–Crippen MR) is 133 cm³/mol. The SMILES string of the molecule is CSc1ccc(C(C)NC(=O)COc2ccc(S(=O)(=O)Nc3cc(C)cc(C)c3)cc2)cc1. The molecule has 0 aliphatic heterocycles. The Morgan fingerprint density at radius 3 is 2.15 bits per heavy atom. The molecule has 3 rings (SSSR count). The van der Waals surface area contributed by atoms with Crippen molar-refractivity contribution in [2.24, 2.45) is 0 Å². The number of rotatable bonds is 9. The molecule has 6 nitrogen and oxygen atoms in total. The highest BCUT2D eigenvalue weighted by Gasteiger charge is 2.15. The lowest BCUT2D eigenvalue weighted by Gasteiger charge is -2.15. The fraction of sp³-hybridized carbons (Fsp3) is 0.240. The Labute approximate surface area is 199 Å². The van der Waals surface area contributed by atoms with Gasteiger partial charge in [0.25, 0.3) is 15.9 Å². The van der Waals surface area contributed by atoms with Gasteiger partial charge in [0.15, 0.2) is 6.61 Å². The Morgan fingerprint density at radius 1 is 0.970 bits per heavy atom. The van der Waals surface area contributed by atoms with Crippen molar-refractivity contribution < 1.29 is 17.9 Å². The number of ether oxygens (including phenoxy) is 1. The number of nitrogens with one attached hydrogen (secondary N) is 2. The number of sulfonamides is 1. The highest BCUT2D eigenvalue weighted by Crippen LogP contribution is 2.22. The molecule has 0 saturated carbocycles. The summed E-state index contributed by atoms with van der Waals surface area (Å²) >= 11 is 1.66. The van der Waals surface area contributed by atoms with Crippen LogP contribution < -0.4 is 14.8 Å². The van der Waals surface area contributed by atoms with Gasteiger partial charge >= 0.3 is 0 Å². The lowest BCUT2D eigenvalue weighted by atomic mass is 10.1. The minimum absolute atomic E-state index is 0.112. The number of hydrogen-bond donors (Lipinski definition) is 2. The molecular weight excluding hydrogens is 456 g/mol. The van der Waals surface area contributed by atoms with Crippen LogP contribution in [0, 0.1) is 13.8 Å². The van der Waals surface area contributed by atoms with E-state index in [1.807, 2.05) is 57.4 Å². The minimum Gasteiger partial charge on any atom is -0.484 e. The highest BCUT2D eigenvalue weighted by molar-refractivity contribution is 7.98. The molecule has 0 spiro atoms. The molecule has 33 heavy (non-hydrogen) atoms. The third-order valence-electron chi connectivity index (χ3n) is 4.97. The molecule has 0 aliphatic rings. The fourth-order valence-corrected chi connectivity index (χ4v) is 4.82. The summed E-state index contributed by atoms with van der Waals surface area (Å²) in [6.45, 7) is 5.57. The van der Waals surface area contributed by atoms with Gasteiger partial charge in [0, 0.05) is 10.6 Å². The Bertz CT molecular complexity index is 1190. The molecule has 174 valence electrons. The van der Waals surface area contributed by atoms with Crippen molar-refractivity contribution in [3.05, 3.63) is 83.4 Å². The molecule has 0 fully saturated rings. The second-order valence-electron chi connectivity index (χ2n) is 7.80. The summed E-state index contributed by atoms with van der Waals surface area (Å²) in [5, 5.41) is 2.90. The molecule has 0 bridgehead atoms. The van der Waals surface area contributed by atoms with E-state index >= 15 is 0 Å². The Hall–Kier alpha value is -2.97. The van der Waals surface area contributed by atoms with E-state index in [4.69, 9.17) is 4.74 Å². The predicted octanol–water partition coefficient (Wildman–Crippen LogP) is 5.08. The first kappa shape index (κ1) is 24.7. The summed E-state index contributed by atoms with van der Waals surface area (Å²) in [6, 6.07) is 19.4. The quantitative estimate of drug-likeness (QED) is 0.414. The van der Waals surface area contributed by atoms with Crippen molar-refractivity contribution in [3.63, 3.8) is 0 Å². The molecule has 1 amide bonds. The average molecular weight is 485 g/mol. The van der Waals surface area contributed by atoms with Crippen molar-refractivity contribution in [2.45, 2.75) is 36.6 Å². The van der Waals surface area contributed by atoms with Gasteiger partial charge in [-0.3, -0.25) is 9.52 Å². The van der Waals surface area contributed by atoms with Gasteiger partial charge in [0.1, 0.15) is 5.75 Å². The summed E-state index contributed by atoms with van der Waals surface area (Å²) in [5.74, 6) is 0.150. The summed E-state index contributed by atoms with van der Waals surface area (Å²) < 4.78 is 33.5. The Kier molecular flexibility index (Phi) is 8.05. The molecule has 3 aromatic carbocycles. The molecule has 1 atom stereocenters. The molecule has 0 saturated heterocycles. The molecule has 3 aromatic rings. The lowest BCUT2D eigenvalue weighted by Crippen LogP contribution is -2.31. The number of hydrogen-bond acceptors (Lipinski definition) is 5. The van der Waals surface area contributed by atoms with Crippen LogP contribution in [0.4, 0.5) is 5.69 Å². The van der Waals surface area contributed by atoms with E-state index in [0.717, 1.165) is 21.6 Å². The molecule has 1 unspecified atom stereocenters. The second kappa shape index (κ2) is 10.8. The van der Waals surface area contributed by atoms with Gasteiger partial charge in [0.05, 0.1) is 10.9 Å². The van der Waals surface area contributed by atoms with Crippen molar-refractivity contribution in [1.82, 2.24) is 5.32 Å². The van der Waals surface area contributed by atoms with E-state index in [0.29, 0.717) is 11.4 Å². The zero-order valence-corrected chi connectivity index (χ0v) is 20.7. The first-order chi connectivity index (χ1) is 15.7. The number of carbonyl (C=O) groups excluding carboxylic acids is 1. The van der Waals surface area contributed by atoms with Gasteiger partial charge in [-0.25, -0.2) is 8.42 Å². The summed E-state index contributed by atoms with van der Waals surface area (Å²) in [7, 11) is -3.73. The van der Waals surface area contributed by atoms with Crippen LogP contribution in [-0.4, -0.2) is 27.2 Å². The van der Waals surface area contributed by atoms with Gasteiger partial charge in [-0.1, -0.05) is 18.2 Å². The van der Waals surface area contributed by atoms with Crippen molar-refractivity contribution in [2.75, 3.05) is 17.6 Å². The number of benzene rings is 3. The third-order valence-corrected chi connectivity index (χ3v) is 7.11. The van der Waals surface area contributed by atoms with E-state index in [-0.39, 0.29) is 23.5 Å². The topological polar surface area (TPSA) is 84.5 Å². The van der Waals surface area contributed by atoms with E-state index in [1.54, 1.807) is 23.9 Å². The Morgan fingerprint density at radius 2 is 1.58 bits per heavy atom. The van der Waals surface area contributed by atoms with Gasteiger partial charge in [-0.15, -0.1) is 11.8 Å². The zero-order chi connectivity index (χ0) is 24.0. The molecule has 0 radical (unpaired) electrons. The van der Waals surface area contributed by atoms with Crippen molar-refractivity contribution in [3.8, 4) is 5.75 Å². The molecule has 8 heteroatoms. The van der Waals surface area contributed by atoms with Crippen molar-refractivity contribution >= 4 is 33.4 Å². The largest absolute Gasteiger partial charge is 0.484 e. The van der Waals surface area contributed by atoms with E-state index in [9.17, 15) is 13.2 Å². The maximum absolute atomic E-state index is 12.7. The van der Waals surface area contributed by atoms with Crippen LogP contribution in [0.15, 0.2) is 76.5 Å². The van der Waals surface area contributed by atoms with E-state index in [2.05, 4.69) is 10.0 Å². The molecular formula is C25H28N2O4S2. The summed E-state index contributed by atoms with van der Waals surface area (Å²) in [5.41, 5.74) is 3.47. The maximum Gasteiger partial charge on any atom is 0.261 e. The normalized spacial score (nSPS) is 12.1. The van der Waals surface area contributed by atoms with Crippen LogP contribution in [0.3, 0.4) is 0 Å². The van der Waals surface area contributed by atoms with Gasteiger partial charge in [-0.05, 0) is 92.2 Å². The van der Waals surface area contributed by atoms with Crippen LogP contribution in [0.5, 0.6) is 5.75 Å². The standard InChI is InChI=1S/C25H28N2O4S2/c1-17-13-18(2)15-21(14-17)27-33(29,30)24-11-7-22(8-12-24)31-16-25(28)26-19(3)20-5-9-23(32-4)10-6-20/h5-15,19,27H,16H2,1-4H3,(H,26,28). The fourth-order valence-electron chi connectivity index (χ4n) is 3.37. The highest BCUT2D eigenvalue weighted by atomic mass is 32.2. The number of thioether (sulfide) groups is 1. The van der Waals surface area contributed by atoms with E-state index < -0.39 is 10.0 Å². The van der Waals surface area contributed by atoms with Crippen LogP contribution in [-0.2, 0) is 14.8 Å². The number of amides is 1. The second-order valence-corrected chi connectivity index (χ2v) is 10.4. The maximum atomic E-state index is 12.7. The molecule has 2 N–H and O–H groups in total. The van der Waals surface area contributed by atoms with E-state index in [1.165, 1.54) is 24.3 Å². The van der Waals surface area contributed by atoms with Gasteiger partial charge in [-0.2, -0.15) is 0 Å². The molecule has 0 aromatic heterocycles. The van der Waals surface area contributed by atoms with Gasteiger partial charge < -0.3 is 10.1 Å². The average Bonchev–Trinajstić information content (AvgIpc) is 2.77. The number of carbonyl (C=O) groups is 1. The summed E-state index contributed by atoms with van der Waals surface area (Å²) in [6.07, 6.45) is 2.01. The summed E-state index contributed by atoms with van der Waals surface area (Å²) in [4.78, 5) is 13.5. The van der Waals surface area contributed by atoms with Crippen molar-refractivity contribution in [1.29, 1.82) is 0 Å².